The van der Waals surface area contributed by atoms with Crippen LogP contribution in [0.15, 0.2) is 60.7 Å². The molecule has 0 radical (unpaired) electrons. The highest BCUT2D eigenvalue weighted by atomic mass is 16.5. The summed E-state index contributed by atoms with van der Waals surface area (Å²) in [5, 5.41) is 6.22. The first kappa shape index (κ1) is 25.6. The summed E-state index contributed by atoms with van der Waals surface area (Å²) in [5.41, 5.74) is 4.92. The minimum atomic E-state index is -0.363. The van der Waals surface area contributed by atoms with Gasteiger partial charge in [0.1, 0.15) is 17.1 Å². The smallest absolute Gasteiger partial charge is 0.263 e. The van der Waals surface area contributed by atoms with Crippen molar-refractivity contribution in [2.75, 3.05) is 31.0 Å². The summed E-state index contributed by atoms with van der Waals surface area (Å²) in [6.45, 7) is 1.56. The van der Waals surface area contributed by atoms with Gasteiger partial charge in [0.15, 0.2) is 0 Å². The molecule has 3 aromatic carbocycles. The second kappa shape index (κ2) is 11.6. The normalized spacial score (nSPS) is 15.4. The lowest BCUT2D eigenvalue weighted by Gasteiger charge is -2.32. The van der Waals surface area contributed by atoms with Crippen molar-refractivity contribution in [1.82, 2.24) is 5.32 Å². The highest BCUT2D eigenvalue weighted by Gasteiger charge is 2.25. The Balaban J connectivity index is 1.45. The number of hydrogen-bond acceptors (Lipinski definition) is 5. The monoisotopic (exact) mass is 513 g/mol. The number of benzene rings is 3. The first-order chi connectivity index (χ1) is 18.6. The van der Waals surface area contributed by atoms with Gasteiger partial charge in [-0.15, -0.1) is 0 Å². The quantitative estimate of drug-likeness (QED) is 0.431. The van der Waals surface area contributed by atoms with E-state index >= 15 is 0 Å². The third-order valence-electron chi connectivity index (χ3n) is 7.57. The SMILES string of the molecule is COc1cccc(OC)c1C(=O)Nc1ccc(N2CCc3ccccc3C2)c(C(=O)NC2CCCCC2)c1. The molecule has 38 heavy (non-hydrogen) atoms. The number of amides is 2. The predicted octanol–water partition coefficient (Wildman–Crippen LogP) is 5.58. The molecule has 1 saturated carbocycles. The number of anilines is 2. The van der Waals surface area contributed by atoms with E-state index in [9.17, 15) is 9.59 Å². The topological polar surface area (TPSA) is 79.9 Å². The van der Waals surface area contributed by atoms with Crippen LogP contribution in [0, 0.1) is 0 Å². The number of nitrogens with one attached hydrogen (secondary N) is 2. The molecular weight excluding hydrogens is 478 g/mol. The zero-order chi connectivity index (χ0) is 26.5. The number of nitrogens with zero attached hydrogens (tertiary/aromatic N) is 1. The second-order valence-electron chi connectivity index (χ2n) is 9.97. The first-order valence-electron chi connectivity index (χ1n) is 13.4. The molecule has 0 bridgehead atoms. The van der Waals surface area contributed by atoms with Crippen LogP contribution in [0.1, 0.15) is 63.9 Å². The highest BCUT2D eigenvalue weighted by molar-refractivity contribution is 6.09. The van der Waals surface area contributed by atoms with E-state index in [0.29, 0.717) is 28.3 Å². The van der Waals surface area contributed by atoms with E-state index in [0.717, 1.165) is 50.9 Å². The summed E-state index contributed by atoms with van der Waals surface area (Å²) in [6, 6.07) is 19.4. The maximum atomic E-state index is 13.6. The fourth-order valence-corrected chi connectivity index (χ4v) is 5.55. The molecule has 0 aromatic heterocycles. The molecule has 7 heteroatoms. The van der Waals surface area contributed by atoms with E-state index in [1.807, 2.05) is 12.1 Å². The average Bonchev–Trinajstić information content (AvgIpc) is 2.96. The van der Waals surface area contributed by atoms with Gasteiger partial charge in [-0.25, -0.2) is 0 Å². The summed E-state index contributed by atoms with van der Waals surface area (Å²) >= 11 is 0. The second-order valence-corrected chi connectivity index (χ2v) is 9.97. The van der Waals surface area contributed by atoms with Crippen LogP contribution in [-0.2, 0) is 13.0 Å². The van der Waals surface area contributed by atoms with Gasteiger partial charge in [-0.2, -0.15) is 0 Å². The van der Waals surface area contributed by atoms with Crippen LogP contribution in [0.5, 0.6) is 11.5 Å². The van der Waals surface area contributed by atoms with Crippen molar-refractivity contribution in [3.05, 3.63) is 82.9 Å². The number of carbonyl (C=O) groups excluding carboxylic acids is 2. The third kappa shape index (κ3) is 5.47. The summed E-state index contributed by atoms with van der Waals surface area (Å²) in [6.07, 6.45) is 6.42. The van der Waals surface area contributed by atoms with Crippen molar-refractivity contribution in [1.29, 1.82) is 0 Å². The minimum Gasteiger partial charge on any atom is -0.496 e. The van der Waals surface area contributed by atoms with Crippen LogP contribution in [0.4, 0.5) is 11.4 Å². The Labute approximate surface area is 224 Å². The van der Waals surface area contributed by atoms with Crippen LogP contribution in [0.3, 0.4) is 0 Å². The lowest BCUT2D eigenvalue weighted by molar-refractivity contribution is 0.0927. The number of fused-ring (bicyclic) bond motifs is 1. The Morgan fingerprint density at radius 1 is 0.842 bits per heavy atom. The van der Waals surface area contributed by atoms with Gasteiger partial charge in [-0.1, -0.05) is 49.6 Å². The van der Waals surface area contributed by atoms with E-state index in [4.69, 9.17) is 9.47 Å². The molecule has 0 atom stereocenters. The molecule has 2 amide bonds. The Morgan fingerprint density at radius 2 is 1.55 bits per heavy atom. The van der Waals surface area contributed by atoms with E-state index in [-0.39, 0.29) is 17.9 Å². The Hall–Kier alpha value is -4.00. The van der Waals surface area contributed by atoms with Crippen molar-refractivity contribution in [3.8, 4) is 11.5 Å². The standard InChI is InChI=1S/C31H35N3O4/c1-37-27-13-8-14-28(38-2)29(27)31(36)33-24-15-16-26(34-18-17-21-9-6-7-10-22(21)20-34)25(19-24)30(35)32-23-11-4-3-5-12-23/h6-10,13-16,19,23H,3-5,11-12,17-18,20H2,1-2H3,(H,32,35)(H,33,36). The number of carbonyl (C=O) groups is 2. The van der Waals surface area contributed by atoms with Crippen molar-refractivity contribution in [3.63, 3.8) is 0 Å². The van der Waals surface area contributed by atoms with Crippen LogP contribution in [0.25, 0.3) is 0 Å². The largest absolute Gasteiger partial charge is 0.496 e. The van der Waals surface area contributed by atoms with Crippen molar-refractivity contribution in [2.24, 2.45) is 0 Å². The Morgan fingerprint density at radius 3 is 2.26 bits per heavy atom. The van der Waals surface area contributed by atoms with Gasteiger partial charge >= 0.3 is 0 Å². The van der Waals surface area contributed by atoms with Crippen LogP contribution in [0.2, 0.25) is 0 Å². The van der Waals surface area contributed by atoms with Crippen molar-refractivity contribution < 1.29 is 19.1 Å². The number of ether oxygens (including phenoxy) is 2. The van der Waals surface area contributed by atoms with Gasteiger partial charge in [0, 0.05) is 30.5 Å². The predicted molar refractivity (Wildman–Crippen MR) is 149 cm³/mol. The molecule has 0 saturated heterocycles. The summed E-state index contributed by atoms with van der Waals surface area (Å²) in [7, 11) is 3.04. The lowest BCUT2D eigenvalue weighted by atomic mass is 9.95. The maximum absolute atomic E-state index is 13.6. The molecule has 2 N–H and O–H groups in total. The van der Waals surface area contributed by atoms with Gasteiger partial charge < -0.3 is 25.0 Å². The van der Waals surface area contributed by atoms with Gasteiger partial charge in [0.05, 0.1) is 19.8 Å². The molecule has 3 aromatic rings. The lowest BCUT2D eigenvalue weighted by Crippen LogP contribution is -2.38. The van der Waals surface area contributed by atoms with Gasteiger partial charge in [-0.3, -0.25) is 9.59 Å². The average molecular weight is 514 g/mol. The van der Waals surface area contributed by atoms with Crippen LogP contribution in [-0.4, -0.2) is 38.6 Å². The number of hydrogen-bond donors (Lipinski definition) is 2. The minimum absolute atomic E-state index is 0.100. The zero-order valence-corrected chi connectivity index (χ0v) is 22.1. The van der Waals surface area contributed by atoms with Crippen molar-refractivity contribution in [2.45, 2.75) is 51.1 Å². The van der Waals surface area contributed by atoms with Crippen molar-refractivity contribution >= 4 is 23.2 Å². The molecule has 1 fully saturated rings. The molecule has 5 rings (SSSR count). The van der Waals surface area contributed by atoms with Gasteiger partial charge in [0.25, 0.3) is 11.8 Å². The fourth-order valence-electron chi connectivity index (χ4n) is 5.55. The maximum Gasteiger partial charge on any atom is 0.263 e. The Bertz CT molecular complexity index is 1290. The van der Waals surface area contributed by atoms with E-state index in [2.05, 4.69) is 39.8 Å². The van der Waals surface area contributed by atoms with Gasteiger partial charge in [-0.05, 0) is 60.7 Å². The molecule has 1 heterocycles. The van der Waals surface area contributed by atoms with E-state index < -0.39 is 0 Å². The summed E-state index contributed by atoms with van der Waals surface area (Å²) in [4.78, 5) is 29.2. The molecular formula is C31H35N3O4. The molecule has 1 aliphatic carbocycles. The molecule has 2 aliphatic rings. The first-order valence-corrected chi connectivity index (χ1v) is 13.4. The highest BCUT2D eigenvalue weighted by Crippen LogP contribution is 2.32. The number of rotatable bonds is 7. The summed E-state index contributed by atoms with van der Waals surface area (Å²) in [5.74, 6) is 0.371. The van der Waals surface area contributed by atoms with E-state index in [1.165, 1.54) is 31.8 Å². The van der Waals surface area contributed by atoms with Crippen LogP contribution < -0.4 is 25.0 Å². The zero-order valence-electron chi connectivity index (χ0n) is 22.1. The molecule has 1 aliphatic heterocycles. The third-order valence-corrected chi connectivity index (χ3v) is 7.57. The number of methoxy groups -OCH3 is 2. The molecule has 198 valence electrons. The van der Waals surface area contributed by atoms with Gasteiger partial charge in [0.2, 0.25) is 0 Å². The van der Waals surface area contributed by atoms with Crippen LogP contribution >= 0.6 is 0 Å². The molecule has 7 nitrogen and oxygen atoms in total. The fraction of sp³-hybridized carbons (Fsp3) is 0.355. The molecule has 0 unspecified atom stereocenters. The van der Waals surface area contributed by atoms with E-state index in [1.54, 1.807) is 24.3 Å². The summed E-state index contributed by atoms with van der Waals surface area (Å²) < 4.78 is 10.8. The Kier molecular flexibility index (Phi) is 7.82. The molecule has 0 spiro atoms.